The van der Waals surface area contributed by atoms with Gasteiger partial charge in [0.1, 0.15) is 11.5 Å². The Kier molecular flexibility index (Phi) is 3.36. The number of carboxylic acids is 1. The van der Waals surface area contributed by atoms with Crippen LogP contribution in [0, 0.1) is 0 Å². The predicted molar refractivity (Wildman–Crippen MR) is 76.1 cm³/mol. The van der Waals surface area contributed by atoms with Crippen molar-refractivity contribution in [2.75, 3.05) is 0 Å². The zero-order valence-electron chi connectivity index (χ0n) is 10.4. The van der Waals surface area contributed by atoms with E-state index in [-0.39, 0.29) is 0 Å². The summed E-state index contributed by atoms with van der Waals surface area (Å²) >= 11 is 3.48. The molecule has 0 saturated heterocycles. The number of benzene rings is 2. The van der Waals surface area contributed by atoms with E-state index in [2.05, 4.69) is 15.9 Å². The molecule has 0 aliphatic carbocycles. The van der Waals surface area contributed by atoms with Crippen molar-refractivity contribution < 1.29 is 19.4 Å². The van der Waals surface area contributed by atoms with E-state index in [1.807, 2.05) is 18.2 Å². The van der Waals surface area contributed by atoms with Crippen LogP contribution in [0.3, 0.4) is 0 Å². The van der Waals surface area contributed by atoms with Gasteiger partial charge in [-0.2, -0.15) is 0 Å². The summed E-state index contributed by atoms with van der Waals surface area (Å²) in [5.74, 6) is -0.116. The maximum Gasteiger partial charge on any atom is 0.387 e. The van der Waals surface area contributed by atoms with Gasteiger partial charge in [0.25, 0.3) is 0 Å². The number of rotatable bonds is 1. The molecule has 0 saturated carbocycles. The molecule has 0 spiro atoms. The second-order valence-corrected chi connectivity index (χ2v) is 5.26. The molecule has 1 aliphatic heterocycles. The Morgan fingerprint density at radius 2 is 1.80 bits per heavy atom. The summed E-state index contributed by atoms with van der Waals surface area (Å²) in [5, 5.41) is 9.21. The SMILES string of the molecule is O=C(O)C1Oc2ccccc2Cc2c(Br)cccc2O1. The average molecular weight is 335 g/mol. The van der Waals surface area contributed by atoms with Gasteiger partial charge in [0.05, 0.1) is 0 Å². The van der Waals surface area contributed by atoms with Crippen molar-refractivity contribution in [3.63, 3.8) is 0 Å². The van der Waals surface area contributed by atoms with Crippen LogP contribution in [0.5, 0.6) is 11.5 Å². The van der Waals surface area contributed by atoms with Crippen molar-refractivity contribution in [1.29, 1.82) is 0 Å². The van der Waals surface area contributed by atoms with Crippen molar-refractivity contribution in [2.24, 2.45) is 0 Å². The molecule has 2 aromatic carbocycles. The second kappa shape index (κ2) is 5.17. The van der Waals surface area contributed by atoms with Gasteiger partial charge >= 0.3 is 12.3 Å². The largest absolute Gasteiger partial charge is 0.476 e. The monoisotopic (exact) mass is 334 g/mol. The average Bonchev–Trinajstić information content (AvgIpc) is 2.40. The number of aliphatic carboxylic acids is 1. The van der Waals surface area contributed by atoms with Crippen LogP contribution in [0.2, 0.25) is 0 Å². The highest BCUT2D eigenvalue weighted by atomic mass is 79.9. The molecule has 0 aromatic heterocycles. The molecular formula is C15H11BrO4. The van der Waals surface area contributed by atoms with Crippen molar-refractivity contribution in [3.05, 3.63) is 58.1 Å². The topological polar surface area (TPSA) is 55.8 Å². The van der Waals surface area contributed by atoms with Crippen molar-refractivity contribution in [2.45, 2.75) is 12.7 Å². The van der Waals surface area contributed by atoms with Crippen LogP contribution in [0.1, 0.15) is 11.1 Å². The van der Waals surface area contributed by atoms with Crippen molar-refractivity contribution in [1.82, 2.24) is 0 Å². The van der Waals surface area contributed by atoms with Crippen LogP contribution in [0.15, 0.2) is 46.9 Å². The third kappa shape index (κ3) is 2.36. The van der Waals surface area contributed by atoms with E-state index in [9.17, 15) is 9.90 Å². The first-order chi connectivity index (χ1) is 9.65. The molecule has 20 heavy (non-hydrogen) atoms. The molecule has 1 aliphatic rings. The smallest absolute Gasteiger partial charge is 0.387 e. The lowest BCUT2D eigenvalue weighted by Crippen LogP contribution is -2.34. The molecule has 5 heteroatoms. The molecule has 0 radical (unpaired) electrons. The van der Waals surface area contributed by atoms with Crippen LogP contribution in [-0.4, -0.2) is 17.4 Å². The quantitative estimate of drug-likeness (QED) is 0.869. The summed E-state index contributed by atoms with van der Waals surface area (Å²) < 4.78 is 11.8. The Morgan fingerprint density at radius 3 is 2.60 bits per heavy atom. The van der Waals surface area contributed by atoms with Gasteiger partial charge in [-0.05, 0) is 23.8 Å². The van der Waals surface area contributed by atoms with Crippen LogP contribution >= 0.6 is 15.9 Å². The third-order valence-corrected chi connectivity index (χ3v) is 3.83. The Hall–Kier alpha value is -2.01. The molecular weight excluding hydrogens is 324 g/mol. The molecule has 3 rings (SSSR count). The van der Waals surface area contributed by atoms with Gasteiger partial charge in [0, 0.05) is 16.5 Å². The summed E-state index contributed by atoms with van der Waals surface area (Å²) in [5.41, 5.74) is 1.84. The second-order valence-electron chi connectivity index (χ2n) is 4.41. The highest BCUT2D eigenvalue weighted by molar-refractivity contribution is 9.10. The molecule has 102 valence electrons. The predicted octanol–water partition coefficient (Wildman–Crippen LogP) is 3.22. The van der Waals surface area contributed by atoms with Gasteiger partial charge in [0.2, 0.25) is 0 Å². The van der Waals surface area contributed by atoms with Gasteiger partial charge in [-0.15, -0.1) is 0 Å². The normalized spacial score (nSPS) is 16.8. The molecule has 1 atom stereocenters. The summed E-state index contributed by atoms with van der Waals surface area (Å²) in [6.45, 7) is 0. The van der Waals surface area contributed by atoms with Crippen molar-refractivity contribution in [3.8, 4) is 11.5 Å². The Morgan fingerprint density at radius 1 is 1.10 bits per heavy atom. The lowest BCUT2D eigenvalue weighted by Gasteiger charge is -2.24. The first-order valence-electron chi connectivity index (χ1n) is 6.06. The van der Waals surface area contributed by atoms with Gasteiger partial charge in [-0.1, -0.05) is 40.2 Å². The number of ether oxygens (including phenoxy) is 2. The van der Waals surface area contributed by atoms with E-state index in [0.29, 0.717) is 17.9 Å². The number of hydrogen-bond donors (Lipinski definition) is 1. The Labute approximate surface area is 124 Å². The molecule has 0 bridgehead atoms. The molecule has 1 unspecified atom stereocenters. The molecule has 1 heterocycles. The van der Waals surface area contributed by atoms with Crippen LogP contribution in [0.25, 0.3) is 0 Å². The lowest BCUT2D eigenvalue weighted by atomic mass is 10.0. The first-order valence-corrected chi connectivity index (χ1v) is 6.86. The maximum absolute atomic E-state index is 11.3. The summed E-state index contributed by atoms with van der Waals surface area (Å²) in [6, 6.07) is 12.8. The van der Waals surface area contributed by atoms with Gasteiger partial charge in [-0.25, -0.2) is 4.79 Å². The van der Waals surface area contributed by atoms with E-state index >= 15 is 0 Å². The van der Waals surface area contributed by atoms with E-state index in [4.69, 9.17) is 9.47 Å². The number of halogens is 1. The minimum atomic E-state index is -1.36. The molecule has 4 nitrogen and oxygen atoms in total. The van der Waals surface area contributed by atoms with Crippen LogP contribution in [0.4, 0.5) is 0 Å². The van der Waals surface area contributed by atoms with Crippen molar-refractivity contribution >= 4 is 21.9 Å². The van der Waals surface area contributed by atoms with Gasteiger partial charge in [0.15, 0.2) is 0 Å². The highest BCUT2D eigenvalue weighted by Gasteiger charge is 2.27. The number of carboxylic acid groups (broad SMARTS) is 1. The minimum absolute atomic E-state index is 0.515. The number of para-hydroxylation sites is 1. The van der Waals surface area contributed by atoms with Gasteiger partial charge < -0.3 is 14.6 Å². The van der Waals surface area contributed by atoms with E-state index < -0.39 is 12.3 Å². The number of carbonyl (C=O) groups is 1. The highest BCUT2D eigenvalue weighted by Crippen LogP contribution is 2.34. The first kappa shape index (κ1) is 13.0. The molecule has 0 fully saturated rings. The molecule has 1 N–H and O–H groups in total. The summed E-state index contributed by atoms with van der Waals surface area (Å²) in [7, 11) is 0. The Balaban J connectivity index is 2.14. The molecule has 0 amide bonds. The zero-order chi connectivity index (χ0) is 14.1. The number of hydrogen-bond acceptors (Lipinski definition) is 3. The van der Waals surface area contributed by atoms with Crippen LogP contribution < -0.4 is 9.47 Å². The fourth-order valence-electron chi connectivity index (χ4n) is 2.13. The van der Waals surface area contributed by atoms with Crippen LogP contribution in [-0.2, 0) is 11.2 Å². The fraction of sp³-hybridized carbons (Fsp3) is 0.133. The summed E-state index contributed by atoms with van der Waals surface area (Å²) in [6.07, 6.45) is -0.747. The summed E-state index contributed by atoms with van der Waals surface area (Å²) in [4.78, 5) is 11.3. The zero-order valence-corrected chi connectivity index (χ0v) is 12.0. The van der Waals surface area contributed by atoms with E-state index in [1.54, 1.807) is 24.3 Å². The number of fused-ring (bicyclic) bond motifs is 2. The lowest BCUT2D eigenvalue weighted by molar-refractivity contribution is -0.158. The minimum Gasteiger partial charge on any atom is -0.476 e. The fourth-order valence-corrected chi connectivity index (χ4v) is 2.62. The maximum atomic E-state index is 11.3. The van der Waals surface area contributed by atoms with E-state index in [1.165, 1.54) is 0 Å². The standard InChI is InChI=1S/C15H11BrO4/c16-11-5-3-7-13-10(11)8-9-4-1-2-6-12(9)19-15(20-13)14(17)18/h1-7,15H,8H2,(H,17,18). The van der Waals surface area contributed by atoms with E-state index in [0.717, 1.165) is 15.6 Å². The molecule has 2 aromatic rings. The van der Waals surface area contributed by atoms with Gasteiger partial charge in [-0.3, -0.25) is 0 Å². The Bertz CT molecular complexity index is 669. The third-order valence-electron chi connectivity index (χ3n) is 3.09.